The lowest BCUT2D eigenvalue weighted by Gasteiger charge is -2.40. The maximum absolute atomic E-state index is 14.7. The number of aromatic nitrogens is 6. The lowest BCUT2D eigenvalue weighted by molar-refractivity contribution is -0.133. The predicted octanol–water partition coefficient (Wildman–Crippen LogP) is 4.74. The number of fused-ring (bicyclic) bond motifs is 2. The number of ether oxygens (including phenoxy) is 1. The summed E-state index contributed by atoms with van der Waals surface area (Å²) in [4.78, 5) is 30.1. The van der Waals surface area contributed by atoms with Crippen molar-refractivity contribution in [3.8, 4) is 11.5 Å². The first-order chi connectivity index (χ1) is 19.8. The van der Waals surface area contributed by atoms with E-state index in [0.29, 0.717) is 59.7 Å². The highest BCUT2D eigenvalue weighted by atomic mass is 19.1. The molecule has 6 rings (SSSR count). The van der Waals surface area contributed by atoms with Crippen LogP contribution in [-0.4, -0.2) is 66.4 Å². The number of halogens is 1. The van der Waals surface area contributed by atoms with E-state index >= 15 is 0 Å². The Bertz CT molecular complexity index is 1770. The highest BCUT2D eigenvalue weighted by molar-refractivity contribution is 5.88. The minimum Gasteiger partial charge on any atom is -0.454 e. The Labute approximate surface area is 236 Å². The van der Waals surface area contributed by atoms with Gasteiger partial charge in [0.1, 0.15) is 28.9 Å². The minimum atomic E-state index is -0.494. The van der Waals surface area contributed by atoms with Gasteiger partial charge in [-0.05, 0) is 49.7 Å². The highest BCUT2D eigenvalue weighted by Crippen LogP contribution is 2.32. The number of carbonyl (C=O) groups excluding carboxylic acids is 1. The lowest BCUT2D eigenvalue weighted by Crippen LogP contribution is -2.54. The third-order valence-corrected chi connectivity index (χ3v) is 7.36. The average molecular weight is 556 g/mol. The molecule has 1 aliphatic heterocycles. The van der Waals surface area contributed by atoms with Gasteiger partial charge < -0.3 is 19.9 Å². The molecule has 2 aromatic carbocycles. The van der Waals surface area contributed by atoms with Gasteiger partial charge in [0, 0.05) is 57.0 Å². The smallest absolute Gasteiger partial charge is 0.222 e. The molecule has 1 amide bonds. The zero-order chi connectivity index (χ0) is 28.7. The molecule has 12 heteroatoms. The van der Waals surface area contributed by atoms with Crippen LogP contribution in [0, 0.1) is 12.7 Å². The number of hydrogen-bond donors (Lipinski definition) is 1. The molecule has 0 radical (unpaired) electrons. The molecular weight excluding hydrogens is 525 g/mol. The van der Waals surface area contributed by atoms with Crippen LogP contribution < -0.4 is 15.0 Å². The molecule has 0 saturated carbocycles. The molecular formula is C29H30FN9O2. The zero-order valence-electron chi connectivity index (χ0n) is 23.3. The SMILES string of the molecule is CCC(=O)N1CCN(c2ccc3ncnc(Nc4ccc(Oc5cc6nnn(C)c6cc5F)c(C)c4)c3n2)C[C@H]1C. The van der Waals surface area contributed by atoms with Crippen molar-refractivity contribution in [2.75, 3.05) is 29.9 Å². The van der Waals surface area contributed by atoms with E-state index in [0.717, 1.165) is 17.1 Å². The summed E-state index contributed by atoms with van der Waals surface area (Å²) in [5.74, 6) is 1.65. The van der Waals surface area contributed by atoms with Crippen LogP contribution in [0.3, 0.4) is 0 Å². The molecule has 3 aromatic heterocycles. The number of hydrogen-bond acceptors (Lipinski definition) is 9. The molecule has 0 bridgehead atoms. The second kappa shape index (κ2) is 10.6. The van der Waals surface area contributed by atoms with Gasteiger partial charge in [0.05, 0.1) is 11.0 Å². The number of rotatable bonds is 6. The van der Waals surface area contributed by atoms with Gasteiger partial charge in [-0.2, -0.15) is 0 Å². The van der Waals surface area contributed by atoms with Crippen molar-refractivity contribution in [1.29, 1.82) is 0 Å². The van der Waals surface area contributed by atoms with Crippen LogP contribution in [-0.2, 0) is 11.8 Å². The van der Waals surface area contributed by atoms with Gasteiger partial charge in [0.2, 0.25) is 5.91 Å². The van der Waals surface area contributed by atoms with Crippen LogP contribution >= 0.6 is 0 Å². The van der Waals surface area contributed by atoms with Crippen molar-refractivity contribution in [2.24, 2.45) is 7.05 Å². The molecule has 1 fully saturated rings. The third kappa shape index (κ3) is 5.08. The van der Waals surface area contributed by atoms with Crippen molar-refractivity contribution >= 4 is 45.3 Å². The quantitative estimate of drug-likeness (QED) is 0.317. The molecule has 0 unspecified atom stereocenters. The van der Waals surface area contributed by atoms with Gasteiger partial charge in [-0.1, -0.05) is 12.1 Å². The van der Waals surface area contributed by atoms with Crippen LogP contribution in [0.2, 0.25) is 0 Å². The van der Waals surface area contributed by atoms with Crippen LogP contribution in [0.1, 0.15) is 25.8 Å². The summed E-state index contributed by atoms with van der Waals surface area (Å²) in [6.07, 6.45) is 2.01. The average Bonchev–Trinajstić information content (AvgIpc) is 3.33. The van der Waals surface area contributed by atoms with E-state index in [1.807, 2.05) is 43.0 Å². The van der Waals surface area contributed by atoms with Crippen molar-refractivity contribution < 1.29 is 13.9 Å². The molecule has 1 atom stereocenters. The monoisotopic (exact) mass is 555 g/mol. The van der Waals surface area contributed by atoms with E-state index in [-0.39, 0.29) is 17.7 Å². The maximum atomic E-state index is 14.7. The zero-order valence-corrected chi connectivity index (χ0v) is 23.3. The van der Waals surface area contributed by atoms with E-state index in [1.165, 1.54) is 17.1 Å². The van der Waals surface area contributed by atoms with Crippen LogP contribution in [0.25, 0.3) is 22.1 Å². The standard InChI is InChI=1S/C29H30FN9O2/c1-5-27(40)39-11-10-38(15-18(39)3)26-9-7-21-28(34-26)29(32-16-31-21)33-19-6-8-24(17(2)12-19)41-25-14-22-23(13-20(25)30)37(4)36-35-22/h6-9,12-14,16,18H,5,10-11,15H2,1-4H3,(H,31,32,33)/t18-/m1/s1. The molecule has 41 heavy (non-hydrogen) atoms. The molecule has 4 heterocycles. The van der Waals surface area contributed by atoms with Crippen molar-refractivity contribution in [3.05, 3.63) is 60.2 Å². The molecule has 11 nitrogen and oxygen atoms in total. The second-order valence-corrected chi connectivity index (χ2v) is 10.2. The number of piperazine rings is 1. The number of pyridine rings is 1. The second-order valence-electron chi connectivity index (χ2n) is 10.2. The number of amides is 1. The van der Waals surface area contributed by atoms with Crippen LogP contribution in [0.5, 0.6) is 11.5 Å². The van der Waals surface area contributed by atoms with E-state index in [2.05, 4.69) is 37.4 Å². The summed E-state index contributed by atoms with van der Waals surface area (Å²) < 4.78 is 22.1. The predicted molar refractivity (Wildman–Crippen MR) is 154 cm³/mol. The summed E-state index contributed by atoms with van der Waals surface area (Å²) in [6, 6.07) is 12.4. The normalized spacial score (nSPS) is 15.5. The Morgan fingerprint density at radius 3 is 2.73 bits per heavy atom. The lowest BCUT2D eigenvalue weighted by atomic mass is 10.1. The summed E-state index contributed by atoms with van der Waals surface area (Å²) in [5.41, 5.74) is 4.06. The molecule has 1 aliphatic rings. The van der Waals surface area contributed by atoms with E-state index < -0.39 is 5.82 Å². The largest absolute Gasteiger partial charge is 0.454 e. The van der Waals surface area contributed by atoms with Gasteiger partial charge in [0.15, 0.2) is 17.4 Å². The van der Waals surface area contributed by atoms with E-state index in [1.54, 1.807) is 19.2 Å². The molecule has 0 spiro atoms. The van der Waals surface area contributed by atoms with Crippen molar-refractivity contribution in [2.45, 2.75) is 33.2 Å². The fourth-order valence-electron chi connectivity index (χ4n) is 5.15. The van der Waals surface area contributed by atoms with E-state index in [9.17, 15) is 9.18 Å². The number of nitrogens with zero attached hydrogens (tertiary/aromatic N) is 8. The first kappa shape index (κ1) is 26.4. The Kier molecular flexibility index (Phi) is 6.82. The molecule has 0 aliphatic carbocycles. The van der Waals surface area contributed by atoms with Crippen molar-refractivity contribution in [3.63, 3.8) is 0 Å². The summed E-state index contributed by atoms with van der Waals surface area (Å²) in [7, 11) is 1.71. The fourth-order valence-corrected chi connectivity index (χ4v) is 5.15. The third-order valence-electron chi connectivity index (χ3n) is 7.36. The number of carbonyl (C=O) groups is 1. The van der Waals surface area contributed by atoms with Gasteiger partial charge in [-0.3, -0.25) is 4.79 Å². The van der Waals surface area contributed by atoms with Crippen molar-refractivity contribution in [1.82, 2.24) is 34.8 Å². The Balaban J connectivity index is 1.22. The van der Waals surface area contributed by atoms with E-state index in [4.69, 9.17) is 9.72 Å². The molecule has 1 saturated heterocycles. The minimum absolute atomic E-state index is 0.0783. The molecule has 1 N–H and O–H groups in total. The number of nitrogens with one attached hydrogen (secondary N) is 1. The Morgan fingerprint density at radius 2 is 1.95 bits per heavy atom. The fraction of sp³-hybridized carbons (Fsp3) is 0.310. The first-order valence-corrected chi connectivity index (χ1v) is 13.5. The Morgan fingerprint density at radius 1 is 1.10 bits per heavy atom. The van der Waals surface area contributed by atoms with Gasteiger partial charge in [-0.25, -0.2) is 24.0 Å². The summed E-state index contributed by atoms with van der Waals surface area (Å²) >= 11 is 0. The topological polar surface area (TPSA) is 114 Å². The van der Waals surface area contributed by atoms with Gasteiger partial charge in [-0.15, -0.1) is 5.10 Å². The number of anilines is 3. The number of benzene rings is 2. The summed E-state index contributed by atoms with van der Waals surface area (Å²) in [5, 5.41) is 11.3. The van der Waals surface area contributed by atoms with Gasteiger partial charge >= 0.3 is 0 Å². The first-order valence-electron chi connectivity index (χ1n) is 13.5. The highest BCUT2D eigenvalue weighted by Gasteiger charge is 2.27. The number of aryl methyl sites for hydroxylation is 2. The molecule has 210 valence electrons. The maximum Gasteiger partial charge on any atom is 0.222 e. The Hall–Kier alpha value is -4.87. The van der Waals surface area contributed by atoms with Crippen LogP contribution in [0.15, 0.2) is 48.8 Å². The molecule has 5 aromatic rings. The van der Waals surface area contributed by atoms with Gasteiger partial charge in [0.25, 0.3) is 0 Å². The van der Waals surface area contributed by atoms with Crippen LogP contribution in [0.4, 0.5) is 21.7 Å². The summed E-state index contributed by atoms with van der Waals surface area (Å²) in [6.45, 7) is 7.91.